The number of Topliss-reactive ketones (excluding diaryl/α,β-unsaturated/α-hetero) is 1. The Kier molecular flexibility index (Phi) is 9.96. The van der Waals surface area contributed by atoms with E-state index in [1.807, 2.05) is 0 Å². The smallest absolute Gasteiger partial charge is 0.312 e. The summed E-state index contributed by atoms with van der Waals surface area (Å²) in [7, 11) is 0. The van der Waals surface area contributed by atoms with Crippen molar-refractivity contribution in [2.24, 2.45) is 5.92 Å². The predicted molar refractivity (Wildman–Crippen MR) is 132 cm³/mol. The molecule has 0 radical (unpaired) electrons. The summed E-state index contributed by atoms with van der Waals surface area (Å²) < 4.78 is 58.9. The molecule has 216 valence electrons. The van der Waals surface area contributed by atoms with E-state index in [1.165, 1.54) is 17.0 Å². The Labute approximate surface area is 229 Å². The fourth-order valence-electron chi connectivity index (χ4n) is 3.97. The second kappa shape index (κ2) is 13.4. The van der Waals surface area contributed by atoms with Gasteiger partial charge in [-0.1, -0.05) is 18.2 Å². The number of carbonyl (C=O) groups is 5. The Bertz CT molecular complexity index is 1400. The van der Waals surface area contributed by atoms with Crippen molar-refractivity contribution in [1.29, 1.82) is 0 Å². The van der Waals surface area contributed by atoms with Crippen LogP contribution < -0.4 is 15.4 Å². The van der Waals surface area contributed by atoms with Crippen LogP contribution in [0, 0.1) is 35.8 Å². The zero-order valence-electron chi connectivity index (χ0n) is 21.1. The number of aliphatic carboxylic acids is 1. The van der Waals surface area contributed by atoms with E-state index in [9.17, 15) is 41.5 Å². The first-order chi connectivity index (χ1) is 19.4. The van der Waals surface area contributed by atoms with Gasteiger partial charge in [-0.3, -0.25) is 24.0 Å². The summed E-state index contributed by atoms with van der Waals surface area (Å²) in [5.74, 6) is -15.0. The molecular formula is C26H22F4N4O7. The maximum absolute atomic E-state index is 13.8. The standard InChI is InChI=1S/C26H22F4N4O7/c1-31-16-4-2-3-5-17(16)32-25(39)26(40)34-8-6-13(7-9-34)24(38)33-18(11-20(36)37)19(35)12-41-23-21(29)14(27)10-15(28)22(23)30/h2-5,10,13,18H,6-9,11-12H2,(H,32,39)(H,33,38)(H,36,37)/t18-/m0/s1. The van der Waals surface area contributed by atoms with Crippen LogP contribution in [-0.2, 0) is 24.0 Å². The molecule has 0 aromatic heterocycles. The van der Waals surface area contributed by atoms with Gasteiger partial charge in [-0.05, 0) is 18.9 Å². The molecule has 2 aromatic rings. The molecule has 3 amide bonds. The number of rotatable bonds is 9. The molecule has 11 nitrogen and oxygen atoms in total. The highest BCUT2D eigenvalue weighted by Gasteiger charge is 2.33. The summed E-state index contributed by atoms with van der Waals surface area (Å²) in [6.07, 6.45) is -0.833. The van der Waals surface area contributed by atoms with Crippen molar-refractivity contribution >= 4 is 40.8 Å². The third-order valence-corrected chi connectivity index (χ3v) is 6.13. The molecule has 2 aromatic carbocycles. The van der Waals surface area contributed by atoms with Gasteiger partial charge in [-0.25, -0.2) is 13.6 Å². The van der Waals surface area contributed by atoms with Crippen LogP contribution >= 0.6 is 0 Å². The summed E-state index contributed by atoms with van der Waals surface area (Å²) in [6.45, 7) is 5.85. The summed E-state index contributed by atoms with van der Waals surface area (Å²) in [4.78, 5) is 65.9. The zero-order valence-corrected chi connectivity index (χ0v) is 21.1. The number of para-hydroxylation sites is 2. The lowest BCUT2D eigenvalue weighted by Gasteiger charge is -2.31. The topological polar surface area (TPSA) is 146 Å². The first kappa shape index (κ1) is 30.5. The minimum absolute atomic E-state index is 0.0286. The number of carbonyl (C=O) groups excluding carboxylic acids is 4. The van der Waals surface area contributed by atoms with E-state index in [0.717, 1.165) is 0 Å². The maximum Gasteiger partial charge on any atom is 0.312 e. The number of ether oxygens (including phenoxy) is 1. The normalized spacial score (nSPS) is 14.0. The van der Waals surface area contributed by atoms with Gasteiger partial charge >= 0.3 is 17.8 Å². The Hall–Kier alpha value is -5.00. The number of piperidine rings is 1. The van der Waals surface area contributed by atoms with Crippen molar-refractivity contribution in [3.8, 4) is 5.75 Å². The van der Waals surface area contributed by atoms with Crippen molar-refractivity contribution in [2.45, 2.75) is 25.3 Å². The Morgan fingerprint density at radius 3 is 2.24 bits per heavy atom. The molecule has 0 saturated carbocycles. The lowest BCUT2D eigenvalue weighted by molar-refractivity contribution is -0.145. The average Bonchev–Trinajstić information content (AvgIpc) is 2.95. The average molecular weight is 578 g/mol. The van der Waals surface area contributed by atoms with E-state index in [1.54, 1.807) is 12.1 Å². The van der Waals surface area contributed by atoms with Crippen LogP contribution in [0.1, 0.15) is 19.3 Å². The molecule has 3 N–H and O–H groups in total. The first-order valence-corrected chi connectivity index (χ1v) is 12.0. The van der Waals surface area contributed by atoms with Crippen LogP contribution in [0.2, 0.25) is 0 Å². The molecule has 0 unspecified atom stereocenters. The van der Waals surface area contributed by atoms with E-state index in [-0.39, 0.29) is 43.4 Å². The summed E-state index contributed by atoms with van der Waals surface area (Å²) in [5.41, 5.74) is 0.291. The minimum atomic E-state index is -1.90. The molecule has 1 aliphatic heterocycles. The molecule has 1 heterocycles. The van der Waals surface area contributed by atoms with Crippen molar-refractivity contribution in [3.63, 3.8) is 0 Å². The zero-order chi connectivity index (χ0) is 30.3. The number of halogens is 4. The number of likely N-dealkylation sites (tertiary alicyclic amines) is 1. The van der Waals surface area contributed by atoms with Gasteiger partial charge < -0.3 is 25.4 Å². The van der Waals surface area contributed by atoms with Gasteiger partial charge in [0, 0.05) is 30.8 Å². The number of benzene rings is 2. The molecule has 0 bridgehead atoms. The molecule has 0 aliphatic carbocycles. The number of carboxylic acids is 1. The van der Waals surface area contributed by atoms with Crippen LogP contribution in [0.3, 0.4) is 0 Å². The van der Waals surface area contributed by atoms with Gasteiger partial charge in [-0.2, -0.15) is 8.78 Å². The van der Waals surface area contributed by atoms with Crippen molar-refractivity contribution in [1.82, 2.24) is 10.2 Å². The molecule has 1 aliphatic rings. The van der Waals surface area contributed by atoms with E-state index in [4.69, 9.17) is 11.7 Å². The summed E-state index contributed by atoms with van der Waals surface area (Å²) >= 11 is 0. The number of carboxylic acid groups (broad SMARTS) is 1. The molecular weight excluding hydrogens is 556 g/mol. The second-order valence-corrected chi connectivity index (χ2v) is 8.86. The van der Waals surface area contributed by atoms with Gasteiger partial charge in [0.05, 0.1) is 13.0 Å². The van der Waals surface area contributed by atoms with E-state index < -0.39 is 83.5 Å². The minimum Gasteiger partial charge on any atom is -0.481 e. The van der Waals surface area contributed by atoms with Crippen molar-refractivity contribution in [3.05, 3.63) is 65.0 Å². The van der Waals surface area contributed by atoms with Gasteiger partial charge in [-0.15, -0.1) is 0 Å². The highest BCUT2D eigenvalue weighted by atomic mass is 19.2. The maximum atomic E-state index is 13.8. The van der Waals surface area contributed by atoms with Crippen LogP contribution in [-0.4, -0.2) is 65.2 Å². The fraction of sp³-hybridized carbons (Fsp3) is 0.308. The van der Waals surface area contributed by atoms with Crippen molar-refractivity contribution in [2.75, 3.05) is 25.0 Å². The first-order valence-electron chi connectivity index (χ1n) is 12.0. The molecule has 3 rings (SSSR count). The Morgan fingerprint density at radius 2 is 1.66 bits per heavy atom. The third-order valence-electron chi connectivity index (χ3n) is 6.13. The molecule has 1 fully saturated rings. The van der Waals surface area contributed by atoms with Crippen molar-refractivity contribution < 1.29 is 51.4 Å². The van der Waals surface area contributed by atoms with Gasteiger partial charge in [0.2, 0.25) is 23.2 Å². The van der Waals surface area contributed by atoms with Gasteiger partial charge in [0.1, 0.15) is 12.6 Å². The van der Waals surface area contributed by atoms with Crippen LogP contribution in [0.5, 0.6) is 5.75 Å². The summed E-state index contributed by atoms with van der Waals surface area (Å²) in [6, 6.07) is 4.31. The highest BCUT2D eigenvalue weighted by Crippen LogP contribution is 2.27. The number of nitrogens with zero attached hydrogens (tertiary/aromatic N) is 2. The third kappa shape index (κ3) is 7.56. The van der Waals surface area contributed by atoms with E-state index >= 15 is 0 Å². The number of hydrogen-bond donors (Lipinski definition) is 3. The van der Waals surface area contributed by atoms with Gasteiger partial charge in [0.25, 0.3) is 0 Å². The molecule has 41 heavy (non-hydrogen) atoms. The number of anilines is 1. The predicted octanol–water partition coefficient (Wildman–Crippen LogP) is 2.58. The summed E-state index contributed by atoms with van der Waals surface area (Å²) in [5, 5.41) is 13.7. The largest absolute Gasteiger partial charge is 0.481 e. The lowest BCUT2D eigenvalue weighted by atomic mass is 9.95. The molecule has 1 saturated heterocycles. The van der Waals surface area contributed by atoms with Crippen LogP contribution in [0.25, 0.3) is 4.85 Å². The molecule has 0 spiro atoms. The SMILES string of the molecule is [C-]#[N+]c1ccccc1NC(=O)C(=O)N1CCC(C(=O)N[C@@H](CC(=O)O)C(=O)COc2c(F)c(F)cc(F)c2F)CC1. The number of hydrogen-bond acceptors (Lipinski definition) is 6. The second-order valence-electron chi connectivity index (χ2n) is 8.86. The highest BCUT2D eigenvalue weighted by molar-refractivity contribution is 6.39. The monoisotopic (exact) mass is 578 g/mol. The fourth-order valence-corrected chi connectivity index (χ4v) is 3.97. The molecule has 15 heteroatoms. The van der Waals surface area contributed by atoms with Crippen LogP contribution in [0.4, 0.5) is 28.9 Å². The van der Waals surface area contributed by atoms with E-state index in [0.29, 0.717) is 0 Å². The number of ketones is 1. The molecule has 1 atom stereocenters. The lowest BCUT2D eigenvalue weighted by Crippen LogP contribution is -2.50. The quantitative estimate of drug-likeness (QED) is 0.179. The van der Waals surface area contributed by atoms with Crippen LogP contribution in [0.15, 0.2) is 30.3 Å². The number of nitrogens with one attached hydrogen (secondary N) is 2. The van der Waals surface area contributed by atoms with E-state index in [2.05, 4.69) is 20.2 Å². The van der Waals surface area contributed by atoms with Gasteiger partial charge in [0.15, 0.2) is 23.2 Å². The number of amides is 3. The Morgan fingerprint density at radius 1 is 1.05 bits per heavy atom. The Balaban J connectivity index is 1.57.